The second kappa shape index (κ2) is 4.21. The van der Waals surface area contributed by atoms with Gasteiger partial charge in [-0.25, -0.2) is 4.21 Å². The molecule has 0 aromatic carbocycles. The quantitative estimate of drug-likeness (QED) is 0.556. The second-order valence-electron chi connectivity index (χ2n) is 1.89. The summed E-state index contributed by atoms with van der Waals surface area (Å²) in [5, 5.41) is 0. The molecule has 6 heteroatoms. The van der Waals surface area contributed by atoms with Gasteiger partial charge in [0, 0.05) is 32.1 Å². The van der Waals surface area contributed by atoms with Gasteiger partial charge in [-0.1, -0.05) is 0 Å². The molecule has 66 valence electrons. The highest BCUT2D eigenvalue weighted by Gasteiger charge is 2.09. The molecule has 0 aliphatic heterocycles. The van der Waals surface area contributed by atoms with Crippen molar-refractivity contribution in [1.29, 1.82) is 0 Å². The van der Waals surface area contributed by atoms with E-state index < -0.39 is 7.96 Å². The summed E-state index contributed by atoms with van der Waals surface area (Å²) in [6, 6.07) is 3.39. The Morgan fingerprint density at radius 3 is 2.25 bits per heavy atom. The minimum Gasteiger partial charge on any atom is -0.265 e. The van der Waals surface area contributed by atoms with Crippen molar-refractivity contribution in [2.75, 3.05) is 0 Å². The molecule has 0 aliphatic rings. The fraction of sp³-hybridized carbons (Fsp3) is 0. The van der Waals surface area contributed by atoms with E-state index in [1.54, 1.807) is 24.5 Å². The van der Waals surface area contributed by atoms with Crippen LogP contribution < -0.4 is 0 Å². The van der Waals surface area contributed by atoms with Crippen LogP contribution in [0.2, 0.25) is 0 Å². The topological polar surface area (TPSA) is 30.0 Å². The summed E-state index contributed by atoms with van der Waals surface area (Å²) in [6.45, 7) is 0. The minimum atomic E-state index is -2.30. The van der Waals surface area contributed by atoms with Gasteiger partial charge in [0.2, 0.25) is 0 Å². The summed E-state index contributed by atoms with van der Waals surface area (Å²) < 4.78 is 12.3. The van der Waals surface area contributed by atoms with Crippen LogP contribution in [0, 0.1) is 0 Å². The van der Waals surface area contributed by atoms with Gasteiger partial charge in [-0.2, -0.15) is 0 Å². The van der Waals surface area contributed by atoms with Crippen molar-refractivity contribution >= 4 is 57.3 Å². The van der Waals surface area contributed by atoms with E-state index in [4.69, 9.17) is 0 Å². The van der Waals surface area contributed by atoms with Crippen LogP contribution in [0.3, 0.4) is 0 Å². The van der Waals surface area contributed by atoms with Crippen LogP contribution >= 0.6 is 46.7 Å². The van der Waals surface area contributed by atoms with Crippen molar-refractivity contribution in [3.8, 4) is 0 Å². The highest BCUT2D eigenvalue weighted by atomic mass is 79.9. The zero-order valence-corrected chi connectivity index (χ0v) is 11.3. The number of nitrogens with zero attached hydrogens (tertiary/aromatic N) is 1. The SMILES string of the molecule is O=S(Br)(=C(Br)Br)c1ccncc1. The molecule has 2 nitrogen and oxygen atoms in total. The van der Waals surface area contributed by atoms with Crippen LogP contribution in [0.4, 0.5) is 0 Å². The van der Waals surface area contributed by atoms with E-state index in [9.17, 15) is 4.21 Å². The maximum atomic E-state index is 11.8. The standard InChI is InChI=1S/C6H4Br3NOS/c7-6(8)12(9,11)5-1-3-10-4-2-5/h1-4H. The number of hydrogen-bond donors (Lipinski definition) is 0. The van der Waals surface area contributed by atoms with Gasteiger partial charge < -0.3 is 0 Å². The van der Waals surface area contributed by atoms with E-state index >= 15 is 0 Å². The lowest BCUT2D eigenvalue weighted by Gasteiger charge is -2.01. The summed E-state index contributed by atoms with van der Waals surface area (Å²) in [5.41, 5.74) is 0. The van der Waals surface area contributed by atoms with Gasteiger partial charge in [-0.05, 0) is 44.0 Å². The van der Waals surface area contributed by atoms with Gasteiger partial charge in [0.1, 0.15) is 2.68 Å². The second-order valence-corrected chi connectivity index (χ2v) is 10.2. The fourth-order valence-electron chi connectivity index (χ4n) is 0.602. The number of halogens is 3. The molecule has 0 radical (unpaired) electrons. The molecule has 1 unspecified atom stereocenters. The maximum absolute atomic E-state index is 11.8. The van der Waals surface area contributed by atoms with E-state index in [0.717, 1.165) is 0 Å². The van der Waals surface area contributed by atoms with Crippen LogP contribution in [0.5, 0.6) is 0 Å². The van der Waals surface area contributed by atoms with Gasteiger partial charge >= 0.3 is 0 Å². The molecular weight excluding hydrogens is 374 g/mol. The zero-order chi connectivity index (χ0) is 9.19. The summed E-state index contributed by atoms with van der Waals surface area (Å²) in [4.78, 5) is 4.51. The third-order valence-corrected chi connectivity index (χ3v) is 9.86. The monoisotopic (exact) mass is 375 g/mol. The van der Waals surface area contributed by atoms with Gasteiger partial charge in [0.25, 0.3) is 0 Å². The van der Waals surface area contributed by atoms with Crippen molar-refractivity contribution < 1.29 is 4.21 Å². The Morgan fingerprint density at radius 2 is 1.83 bits per heavy atom. The number of hydrogen-bond acceptors (Lipinski definition) is 2. The van der Waals surface area contributed by atoms with Crippen LogP contribution in [-0.4, -0.2) is 11.9 Å². The molecule has 0 N–H and O–H groups in total. The minimum absolute atomic E-state index is 0.494. The van der Waals surface area contributed by atoms with E-state index in [2.05, 4.69) is 51.7 Å². The average Bonchev–Trinajstić information content (AvgIpc) is 2.06. The van der Waals surface area contributed by atoms with E-state index in [0.29, 0.717) is 7.58 Å². The predicted molar refractivity (Wildman–Crippen MR) is 62.4 cm³/mol. The first-order valence-corrected chi connectivity index (χ1v) is 7.85. The smallest absolute Gasteiger partial charge is 0.127 e. The molecule has 12 heavy (non-hydrogen) atoms. The maximum Gasteiger partial charge on any atom is 0.127 e. The Balaban J connectivity index is 3.36. The molecule has 1 rings (SSSR count). The molecule has 0 fully saturated rings. The van der Waals surface area contributed by atoms with Gasteiger partial charge in [-0.3, -0.25) is 4.98 Å². The van der Waals surface area contributed by atoms with Crippen molar-refractivity contribution in [3.63, 3.8) is 0 Å². The first-order valence-electron chi connectivity index (χ1n) is 2.87. The molecule has 1 atom stereocenters. The van der Waals surface area contributed by atoms with Crippen LogP contribution in [-0.2, 0) is 7.96 Å². The highest BCUT2D eigenvalue weighted by molar-refractivity contribution is 9.55. The Labute approximate surface area is 95.2 Å². The van der Waals surface area contributed by atoms with E-state index in [-0.39, 0.29) is 0 Å². The van der Waals surface area contributed by atoms with Crippen molar-refractivity contribution in [1.82, 2.24) is 4.98 Å². The van der Waals surface area contributed by atoms with Crippen molar-refractivity contribution in [2.24, 2.45) is 0 Å². The lowest BCUT2D eigenvalue weighted by atomic mass is 10.5. The van der Waals surface area contributed by atoms with Crippen LogP contribution in [0.1, 0.15) is 0 Å². The fourth-order valence-corrected chi connectivity index (χ4v) is 3.02. The Bertz CT molecular complexity index is 379. The molecule has 0 bridgehead atoms. The molecular formula is C6H4Br3NOS. The summed E-state index contributed by atoms with van der Waals surface area (Å²) in [6.07, 6.45) is 3.19. The summed E-state index contributed by atoms with van der Waals surface area (Å²) >= 11 is 9.37. The molecule has 1 aromatic rings. The molecule has 0 aliphatic carbocycles. The number of pyridine rings is 1. The molecule has 0 saturated carbocycles. The Kier molecular flexibility index (Phi) is 3.75. The number of aromatic nitrogens is 1. The highest BCUT2D eigenvalue weighted by Crippen LogP contribution is 2.23. The largest absolute Gasteiger partial charge is 0.265 e. The van der Waals surface area contributed by atoms with Crippen LogP contribution in [0.25, 0.3) is 0 Å². The molecule has 1 heterocycles. The predicted octanol–water partition coefficient (Wildman–Crippen LogP) is 2.91. The molecule has 0 amide bonds. The van der Waals surface area contributed by atoms with Crippen LogP contribution in [0.15, 0.2) is 29.4 Å². The van der Waals surface area contributed by atoms with Gasteiger partial charge in [0.15, 0.2) is 0 Å². The Morgan fingerprint density at radius 1 is 1.33 bits per heavy atom. The summed E-state index contributed by atoms with van der Waals surface area (Å²) in [7, 11) is -2.30. The third-order valence-electron chi connectivity index (χ3n) is 1.15. The molecule has 1 aromatic heterocycles. The first-order chi connectivity index (χ1) is 5.55. The third kappa shape index (κ3) is 2.31. The van der Waals surface area contributed by atoms with Crippen molar-refractivity contribution in [3.05, 3.63) is 24.5 Å². The lowest BCUT2D eigenvalue weighted by Crippen LogP contribution is -1.95. The number of rotatable bonds is 1. The molecule has 0 saturated heterocycles. The Hall–Kier alpha value is 0.610. The first kappa shape index (κ1) is 10.7. The zero-order valence-electron chi connectivity index (χ0n) is 5.71. The van der Waals surface area contributed by atoms with Crippen molar-refractivity contribution in [2.45, 2.75) is 4.90 Å². The van der Waals surface area contributed by atoms with E-state index in [1.165, 1.54) is 0 Å². The molecule has 0 spiro atoms. The normalized spacial score (nSPS) is 15.2. The summed E-state index contributed by atoms with van der Waals surface area (Å²) in [5.74, 6) is 0. The van der Waals surface area contributed by atoms with E-state index in [1.807, 2.05) is 0 Å². The average molecular weight is 378 g/mol. The van der Waals surface area contributed by atoms with Gasteiger partial charge in [-0.15, -0.1) is 0 Å². The lowest BCUT2D eigenvalue weighted by molar-refractivity contribution is 0.690. The van der Waals surface area contributed by atoms with Gasteiger partial charge in [0.05, 0.1) is 7.96 Å².